The van der Waals surface area contributed by atoms with Gasteiger partial charge in [-0.2, -0.15) is 10.5 Å². The van der Waals surface area contributed by atoms with Crippen molar-refractivity contribution in [2.75, 3.05) is 0 Å². The van der Waals surface area contributed by atoms with Crippen molar-refractivity contribution in [3.8, 4) is 23.6 Å². The summed E-state index contributed by atoms with van der Waals surface area (Å²) in [5.74, 6) is 0.861. The quantitative estimate of drug-likeness (QED) is 0.787. The molecule has 0 aliphatic rings. The molecule has 0 saturated heterocycles. The van der Waals surface area contributed by atoms with Gasteiger partial charge in [0.2, 0.25) is 0 Å². The van der Waals surface area contributed by atoms with Crippen LogP contribution in [0.1, 0.15) is 11.1 Å². The maximum atomic E-state index is 9.10. The first-order valence-corrected chi connectivity index (χ1v) is 7.40. The Balaban J connectivity index is 2.33. The van der Waals surface area contributed by atoms with Crippen molar-refractivity contribution >= 4 is 33.3 Å². The largest absolute Gasteiger partial charge is 0.456 e. The fraction of sp³-hybridized carbons (Fsp3) is 0. The summed E-state index contributed by atoms with van der Waals surface area (Å²) < 4.78 is 5.61. The van der Waals surface area contributed by atoms with Gasteiger partial charge in [-0.15, -0.1) is 0 Å². The van der Waals surface area contributed by atoms with Crippen LogP contribution in [0.4, 0.5) is 0 Å². The molecule has 0 amide bonds. The van der Waals surface area contributed by atoms with E-state index in [-0.39, 0.29) is 0 Å². The molecule has 0 radical (unpaired) electrons. The molecule has 2 aromatic carbocycles. The Kier molecular flexibility index (Phi) is 4.76. The summed E-state index contributed by atoms with van der Waals surface area (Å²) in [5, 5.41) is 18.2. The molecule has 0 saturated carbocycles. The molecular weight excluding hydrogens is 315 g/mol. The van der Waals surface area contributed by atoms with Gasteiger partial charge < -0.3 is 4.74 Å². The van der Waals surface area contributed by atoms with Crippen LogP contribution in [0.3, 0.4) is 0 Å². The number of ether oxygens (including phenoxy) is 1. The zero-order valence-corrected chi connectivity index (χ0v) is 12.3. The molecule has 2 rings (SSSR count). The molecule has 0 aliphatic heterocycles. The zero-order chi connectivity index (χ0) is 14.5. The van der Waals surface area contributed by atoms with E-state index >= 15 is 0 Å². The van der Waals surface area contributed by atoms with Gasteiger partial charge in [-0.05, 0) is 52.0 Å². The number of hydrogen-bond acceptors (Lipinski definition) is 4. The van der Waals surface area contributed by atoms with E-state index in [1.807, 2.05) is 12.1 Å². The van der Waals surface area contributed by atoms with Crippen molar-refractivity contribution in [3.63, 3.8) is 0 Å². The molecule has 0 bridgehead atoms. The van der Waals surface area contributed by atoms with Crippen molar-refractivity contribution < 1.29 is 4.74 Å². The van der Waals surface area contributed by atoms with Crippen LogP contribution >= 0.6 is 33.3 Å². The molecule has 0 atom stereocenters. The van der Waals surface area contributed by atoms with Gasteiger partial charge >= 0.3 is 0 Å². The Hall–Kier alpha value is -1.85. The predicted octanol–water partition coefficient (Wildman–Crippen LogP) is 5.12. The van der Waals surface area contributed by atoms with Crippen LogP contribution in [0.5, 0.6) is 11.5 Å². The molecule has 98 valence electrons. The molecule has 0 unspecified atom stereocenters. The third kappa shape index (κ3) is 3.18. The van der Waals surface area contributed by atoms with Crippen molar-refractivity contribution in [2.45, 2.75) is 4.90 Å². The summed E-state index contributed by atoms with van der Waals surface area (Å²) >= 11 is 5.93. The van der Waals surface area contributed by atoms with Gasteiger partial charge in [-0.3, -0.25) is 0 Å². The fourth-order valence-corrected chi connectivity index (χ4v) is 2.29. The van der Waals surface area contributed by atoms with E-state index in [2.05, 4.69) is 0 Å². The number of benzene rings is 2. The third-order valence-corrected chi connectivity index (χ3v) is 3.73. The van der Waals surface area contributed by atoms with Crippen molar-refractivity contribution in [1.82, 2.24) is 0 Å². The van der Waals surface area contributed by atoms with Gasteiger partial charge in [-0.1, -0.05) is 11.6 Å². The smallest absolute Gasteiger partial charge is 0.145 e. The molecule has 6 heteroatoms. The Bertz CT molecular complexity index is 735. The first-order chi connectivity index (χ1) is 9.67. The predicted molar refractivity (Wildman–Crippen MR) is 79.1 cm³/mol. The van der Waals surface area contributed by atoms with Crippen LogP contribution in [0.25, 0.3) is 0 Å². The second-order valence-electron chi connectivity index (χ2n) is 3.70. The summed E-state index contributed by atoms with van der Waals surface area (Å²) in [6.07, 6.45) is 0. The lowest BCUT2D eigenvalue weighted by atomic mass is 10.2. The summed E-state index contributed by atoms with van der Waals surface area (Å²) in [5.41, 5.74) is 0.740. The molecule has 0 spiro atoms. The third-order valence-electron chi connectivity index (χ3n) is 2.45. The van der Waals surface area contributed by atoms with Crippen molar-refractivity contribution in [3.05, 3.63) is 52.5 Å². The second kappa shape index (κ2) is 6.54. The number of nitrogens with zero attached hydrogens (tertiary/aromatic N) is 2. The number of hydrogen-bond donors (Lipinski definition) is 0. The van der Waals surface area contributed by atoms with E-state index in [9.17, 15) is 0 Å². The molecule has 0 N–H and O–H groups in total. The van der Waals surface area contributed by atoms with Crippen molar-refractivity contribution in [2.24, 2.45) is 0 Å². The van der Waals surface area contributed by atoms with Gasteiger partial charge in [0, 0.05) is 11.0 Å². The lowest BCUT2D eigenvalue weighted by molar-refractivity contribution is 0.480. The Labute approximate surface area is 129 Å². The molecule has 3 nitrogen and oxygen atoms in total. The van der Waals surface area contributed by atoms with Gasteiger partial charge in [0.1, 0.15) is 23.6 Å². The minimum absolute atomic E-state index is 0.302. The molecule has 0 heterocycles. The topological polar surface area (TPSA) is 56.8 Å². The number of halogens is 2. The van der Waals surface area contributed by atoms with Crippen LogP contribution < -0.4 is 4.74 Å². The highest BCUT2D eigenvalue weighted by atomic mass is 35.7. The highest BCUT2D eigenvalue weighted by molar-refractivity contribution is 8.21. The van der Waals surface area contributed by atoms with E-state index in [0.717, 1.165) is 15.9 Å². The fourth-order valence-electron chi connectivity index (χ4n) is 1.51. The lowest BCUT2D eigenvalue weighted by Crippen LogP contribution is -1.89. The Morgan fingerprint density at radius 1 is 1.00 bits per heavy atom. The van der Waals surface area contributed by atoms with Crippen LogP contribution in [-0.4, -0.2) is 0 Å². The maximum absolute atomic E-state index is 9.10. The number of nitriles is 2. The average molecular weight is 321 g/mol. The van der Waals surface area contributed by atoms with Gasteiger partial charge in [0.15, 0.2) is 0 Å². The van der Waals surface area contributed by atoms with E-state index in [1.165, 1.54) is 6.07 Å². The van der Waals surface area contributed by atoms with Crippen molar-refractivity contribution in [1.29, 1.82) is 10.5 Å². The molecule has 0 aromatic heterocycles. The summed E-state index contributed by atoms with van der Waals surface area (Å²) in [6.45, 7) is 0. The Morgan fingerprint density at radius 2 is 1.75 bits per heavy atom. The molecular formula is C14H6Cl2N2OS. The van der Waals surface area contributed by atoms with Crippen LogP contribution in [0.15, 0.2) is 41.3 Å². The molecule has 20 heavy (non-hydrogen) atoms. The highest BCUT2D eigenvalue weighted by Gasteiger charge is 2.08. The monoisotopic (exact) mass is 320 g/mol. The SMILES string of the molecule is N#Cc1ccc(Oc2ccc(SCl)cc2C#N)cc1Cl. The summed E-state index contributed by atoms with van der Waals surface area (Å²) in [4.78, 5) is 0.758. The van der Waals surface area contributed by atoms with Gasteiger partial charge in [0.25, 0.3) is 0 Å². The highest BCUT2D eigenvalue weighted by Crippen LogP contribution is 2.32. The minimum Gasteiger partial charge on any atom is -0.456 e. The zero-order valence-electron chi connectivity index (χ0n) is 9.93. The van der Waals surface area contributed by atoms with Crippen LogP contribution in [0, 0.1) is 22.7 Å². The van der Waals surface area contributed by atoms with Crippen LogP contribution in [0.2, 0.25) is 5.02 Å². The molecule has 0 fully saturated rings. The standard InChI is InChI=1S/C14H6Cl2N2OS/c15-13-6-11(2-1-9(13)7-17)19-14-4-3-12(20-16)5-10(14)8-18/h1-6H. The first kappa shape index (κ1) is 14.6. The van der Waals surface area contributed by atoms with Gasteiger partial charge in [0.05, 0.1) is 16.1 Å². The second-order valence-corrected chi connectivity index (χ2v) is 5.20. The first-order valence-electron chi connectivity index (χ1n) is 5.38. The molecule has 0 aliphatic carbocycles. The number of rotatable bonds is 3. The normalized spacial score (nSPS) is 9.60. The minimum atomic E-state index is 0.302. The van der Waals surface area contributed by atoms with E-state index in [4.69, 9.17) is 37.5 Å². The summed E-state index contributed by atoms with van der Waals surface area (Å²) in [7, 11) is 6.67. The maximum Gasteiger partial charge on any atom is 0.145 e. The van der Waals surface area contributed by atoms with Gasteiger partial charge in [-0.25, -0.2) is 0 Å². The lowest BCUT2D eigenvalue weighted by Gasteiger charge is -2.08. The van der Waals surface area contributed by atoms with E-state index in [0.29, 0.717) is 27.6 Å². The summed E-state index contributed by atoms with van der Waals surface area (Å²) in [6, 6.07) is 13.8. The Morgan fingerprint density at radius 3 is 2.35 bits per heavy atom. The van der Waals surface area contributed by atoms with E-state index in [1.54, 1.807) is 30.3 Å². The van der Waals surface area contributed by atoms with Crippen LogP contribution in [-0.2, 0) is 0 Å². The average Bonchev–Trinajstić information content (AvgIpc) is 2.48. The molecule has 2 aromatic rings. The van der Waals surface area contributed by atoms with E-state index < -0.39 is 0 Å².